The van der Waals surface area contributed by atoms with Gasteiger partial charge in [0.2, 0.25) is 0 Å². The number of aliphatic hydroxyl groups excluding tert-OH is 1. The van der Waals surface area contributed by atoms with Gasteiger partial charge in [-0.15, -0.1) is 0 Å². The molecule has 0 aromatic rings. The Morgan fingerprint density at radius 2 is 0.444 bits per heavy atom. The molecule has 108 heavy (non-hydrogen) atoms. The Bertz CT molecular complexity index is 2100. The van der Waals surface area contributed by atoms with Crippen LogP contribution in [0.5, 0.6) is 0 Å². The fraction of sp³-hybridized carbons (Fsp3) is 0.955. The zero-order valence-corrected chi connectivity index (χ0v) is 73.3. The van der Waals surface area contributed by atoms with Crippen molar-refractivity contribution in [1.82, 2.24) is 0 Å². The molecule has 0 heterocycles. The SMILES string of the molecule is CCC(C)CCCCCCCCCCCCCCCCCCCCC(=O)O[C@H](COC(=O)CCCCCCCCCCCCCCCCCCCCC(C)C)COP(=O)(O)OC[C@@H](O)COP(=O)(O)OC[C@@H](COC(=O)CCCCCCCCC(C)CC)OC(=O)CCCCCCCCCCCCCCC(C)C. The molecule has 0 aliphatic rings. The molecule has 0 aromatic heterocycles. The van der Waals surface area contributed by atoms with Crippen molar-refractivity contribution in [2.75, 3.05) is 39.6 Å². The Kier molecular flexibility index (Phi) is 76.2. The van der Waals surface area contributed by atoms with E-state index < -0.39 is 97.5 Å². The van der Waals surface area contributed by atoms with Crippen molar-refractivity contribution < 1.29 is 80.2 Å². The molecule has 19 heteroatoms. The molecule has 0 bridgehead atoms. The largest absolute Gasteiger partial charge is 0.472 e. The third-order valence-electron chi connectivity index (χ3n) is 21.5. The first-order chi connectivity index (χ1) is 52.2. The summed E-state index contributed by atoms with van der Waals surface area (Å²) in [6.07, 6.45) is 68.2. The smallest absolute Gasteiger partial charge is 0.462 e. The summed E-state index contributed by atoms with van der Waals surface area (Å²) < 4.78 is 69.0. The number of ether oxygens (including phenoxy) is 4. The van der Waals surface area contributed by atoms with Crippen molar-refractivity contribution >= 4 is 39.5 Å². The lowest BCUT2D eigenvalue weighted by molar-refractivity contribution is -0.161. The lowest BCUT2D eigenvalue weighted by Crippen LogP contribution is -2.30. The number of carbonyl (C=O) groups excluding carboxylic acids is 4. The van der Waals surface area contributed by atoms with Crippen LogP contribution >= 0.6 is 15.6 Å². The molecule has 0 aliphatic heterocycles. The molecule has 642 valence electrons. The minimum absolute atomic E-state index is 0.106. The first-order valence-corrected chi connectivity index (χ1v) is 48.8. The van der Waals surface area contributed by atoms with Gasteiger partial charge in [0.1, 0.15) is 19.3 Å². The highest BCUT2D eigenvalue weighted by molar-refractivity contribution is 7.47. The number of unbranched alkanes of at least 4 members (excludes halogenated alkanes) is 50. The van der Waals surface area contributed by atoms with Gasteiger partial charge in [-0.1, -0.05) is 415 Å². The molecule has 0 aromatic carbocycles. The van der Waals surface area contributed by atoms with E-state index in [0.29, 0.717) is 25.7 Å². The zero-order chi connectivity index (χ0) is 79.5. The molecule has 0 fully saturated rings. The van der Waals surface area contributed by atoms with Crippen molar-refractivity contribution in [3.63, 3.8) is 0 Å². The minimum Gasteiger partial charge on any atom is -0.462 e. The molecule has 0 amide bonds. The molecular weight excluding hydrogens is 1400 g/mol. The monoisotopic (exact) mass is 1580 g/mol. The minimum atomic E-state index is -4.97. The summed E-state index contributed by atoms with van der Waals surface area (Å²) in [6, 6.07) is 0. The standard InChI is InChI=1S/C89H174O17P2/c1-9-81(7)67-59-51-43-37-31-24-20-16-12-14-18-22-26-33-39-45-55-63-71-88(93)105-84(75-99-86(91)69-61-53-44-38-32-25-21-17-13-11-15-19-23-29-35-41-49-57-65-79(3)4)77-103-107(95,96)101-73-83(90)74-102-108(97,98)104-78-85(76-100-87(92)70-62-54-48-47-52-60-68-82(8)10-2)106-89(94)72-64-56-46-40-34-28-27-30-36-42-50-58-66-80(5)6/h79-85,90H,9-78H2,1-8H3,(H,95,96)(H,97,98)/t81?,82?,83-,84-,85-/m1/s1. The molecule has 0 saturated carbocycles. The van der Waals surface area contributed by atoms with Crippen LogP contribution in [-0.2, 0) is 65.4 Å². The van der Waals surface area contributed by atoms with E-state index in [1.54, 1.807) is 0 Å². The predicted molar refractivity (Wildman–Crippen MR) is 446 cm³/mol. The van der Waals surface area contributed by atoms with Crippen LogP contribution in [0.2, 0.25) is 0 Å². The van der Waals surface area contributed by atoms with Gasteiger partial charge in [-0.05, 0) is 49.4 Å². The maximum Gasteiger partial charge on any atom is 0.472 e. The van der Waals surface area contributed by atoms with Gasteiger partial charge in [-0.3, -0.25) is 37.3 Å². The molecule has 4 unspecified atom stereocenters. The average Bonchev–Trinajstić information content (AvgIpc) is 0.900. The van der Waals surface area contributed by atoms with Crippen LogP contribution in [0.1, 0.15) is 466 Å². The summed E-state index contributed by atoms with van der Waals surface area (Å²) in [4.78, 5) is 73.3. The number of carbonyl (C=O) groups is 4. The first kappa shape index (κ1) is 106. The maximum atomic E-state index is 13.2. The van der Waals surface area contributed by atoms with Crippen molar-refractivity contribution in [1.29, 1.82) is 0 Å². The van der Waals surface area contributed by atoms with Gasteiger partial charge in [0.05, 0.1) is 26.4 Å². The third-order valence-corrected chi connectivity index (χ3v) is 23.4. The summed E-state index contributed by atoms with van der Waals surface area (Å²) in [6.45, 7) is 14.4. The van der Waals surface area contributed by atoms with Crippen molar-refractivity contribution in [2.45, 2.75) is 485 Å². The van der Waals surface area contributed by atoms with Crippen LogP contribution in [0, 0.1) is 23.7 Å². The lowest BCUT2D eigenvalue weighted by atomic mass is 9.99. The topological polar surface area (TPSA) is 237 Å². The molecule has 0 spiro atoms. The molecule has 0 rings (SSSR count). The average molecular weight is 1580 g/mol. The van der Waals surface area contributed by atoms with E-state index in [9.17, 15) is 43.2 Å². The Morgan fingerprint density at radius 3 is 0.657 bits per heavy atom. The Labute approximate surface area is 664 Å². The maximum absolute atomic E-state index is 13.2. The van der Waals surface area contributed by atoms with Crippen LogP contribution in [0.4, 0.5) is 0 Å². The number of hydrogen-bond donors (Lipinski definition) is 3. The molecule has 0 radical (unpaired) electrons. The normalized spacial score (nSPS) is 14.4. The number of esters is 4. The summed E-state index contributed by atoms with van der Waals surface area (Å²) >= 11 is 0. The van der Waals surface area contributed by atoms with Gasteiger partial charge in [0, 0.05) is 25.7 Å². The Balaban J connectivity index is 5.22. The van der Waals surface area contributed by atoms with E-state index in [0.717, 1.165) is 120 Å². The molecule has 0 aliphatic carbocycles. The van der Waals surface area contributed by atoms with Gasteiger partial charge >= 0.3 is 39.5 Å². The predicted octanol–water partition coefficient (Wildman–Crippen LogP) is 27.1. The van der Waals surface area contributed by atoms with E-state index in [1.807, 2.05) is 0 Å². The number of phosphoric ester groups is 2. The molecule has 0 saturated heterocycles. The summed E-state index contributed by atoms with van der Waals surface area (Å²) in [5.74, 6) is 1.10. The van der Waals surface area contributed by atoms with Crippen LogP contribution in [0.15, 0.2) is 0 Å². The van der Waals surface area contributed by atoms with Crippen molar-refractivity contribution in [3.05, 3.63) is 0 Å². The Hall–Kier alpha value is -1.94. The highest BCUT2D eigenvalue weighted by Crippen LogP contribution is 2.45. The van der Waals surface area contributed by atoms with Gasteiger partial charge in [0.25, 0.3) is 0 Å². The first-order valence-electron chi connectivity index (χ1n) is 45.8. The molecule has 17 nitrogen and oxygen atoms in total. The van der Waals surface area contributed by atoms with E-state index >= 15 is 0 Å². The number of hydrogen-bond acceptors (Lipinski definition) is 15. The van der Waals surface area contributed by atoms with E-state index in [1.165, 1.54) is 263 Å². The highest BCUT2D eigenvalue weighted by Gasteiger charge is 2.31. The second-order valence-corrected chi connectivity index (χ2v) is 36.3. The number of aliphatic hydroxyl groups is 1. The molecule has 3 N–H and O–H groups in total. The second kappa shape index (κ2) is 77.6. The number of rotatable bonds is 86. The summed E-state index contributed by atoms with van der Waals surface area (Å²) in [7, 11) is -9.93. The quantitative estimate of drug-likeness (QED) is 0.0222. The third kappa shape index (κ3) is 79.3. The van der Waals surface area contributed by atoms with Crippen molar-refractivity contribution in [3.8, 4) is 0 Å². The fourth-order valence-electron chi connectivity index (χ4n) is 13.8. The lowest BCUT2D eigenvalue weighted by Gasteiger charge is -2.21. The highest BCUT2D eigenvalue weighted by atomic mass is 31.2. The molecular formula is C89H174O17P2. The summed E-state index contributed by atoms with van der Waals surface area (Å²) in [5, 5.41) is 10.7. The van der Waals surface area contributed by atoms with Crippen molar-refractivity contribution in [2.24, 2.45) is 23.7 Å². The van der Waals surface area contributed by atoms with E-state index in [-0.39, 0.29) is 25.7 Å². The van der Waals surface area contributed by atoms with Gasteiger partial charge < -0.3 is 33.8 Å². The van der Waals surface area contributed by atoms with E-state index in [2.05, 4.69) is 55.4 Å². The molecule has 7 atom stereocenters. The van der Waals surface area contributed by atoms with Gasteiger partial charge in [0.15, 0.2) is 12.2 Å². The van der Waals surface area contributed by atoms with Crippen LogP contribution < -0.4 is 0 Å². The second-order valence-electron chi connectivity index (χ2n) is 33.4. The fourth-order valence-corrected chi connectivity index (χ4v) is 15.4. The summed E-state index contributed by atoms with van der Waals surface area (Å²) in [5.41, 5.74) is 0. The Morgan fingerprint density at radius 1 is 0.259 bits per heavy atom. The van der Waals surface area contributed by atoms with Crippen LogP contribution in [-0.4, -0.2) is 96.7 Å². The number of phosphoric acid groups is 2. The van der Waals surface area contributed by atoms with Crippen LogP contribution in [0.25, 0.3) is 0 Å². The van der Waals surface area contributed by atoms with Crippen LogP contribution in [0.3, 0.4) is 0 Å². The van der Waals surface area contributed by atoms with Gasteiger partial charge in [-0.25, -0.2) is 9.13 Å². The zero-order valence-electron chi connectivity index (χ0n) is 71.5. The van der Waals surface area contributed by atoms with E-state index in [4.69, 9.17) is 37.0 Å². The van der Waals surface area contributed by atoms with Gasteiger partial charge in [-0.2, -0.15) is 0 Å².